The number of aromatic nitrogens is 1. The lowest BCUT2D eigenvalue weighted by atomic mass is 10.3. The van der Waals surface area contributed by atoms with Crippen molar-refractivity contribution in [2.24, 2.45) is 0 Å². The minimum absolute atomic E-state index is 0.712. The van der Waals surface area contributed by atoms with Gasteiger partial charge in [0.1, 0.15) is 6.66 Å². The van der Waals surface area contributed by atoms with Crippen molar-refractivity contribution in [2.75, 3.05) is 24.7 Å². The van der Waals surface area contributed by atoms with Crippen LogP contribution in [0.25, 0.3) is 0 Å². The predicted molar refractivity (Wildman–Crippen MR) is 67.2 cm³/mol. The molecule has 0 saturated heterocycles. The molecule has 1 aromatic heterocycles. The Morgan fingerprint density at radius 2 is 2.07 bits per heavy atom. The molecule has 3 nitrogen and oxygen atoms in total. The van der Waals surface area contributed by atoms with E-state index in [-0.39, 0.29) is 0 Å². The van der Waals surface area contributed by atoms with Crippen LogP contribution in [0.5, 0.6) is 0 Å². The molecule has 4 heteroatoms. The van der Waals surface area contributed by atoms with Crippen molar-refractivity contribution in [1.82, 2.24) is 4.98 Å². The third-order valence-corrected chi connectivity index (χ3v) is 2.48. The highest BCUT2D eigenvalue weighted by Gasteiger charge is 2.03. The van der Waals surface area contributed by atoms with Crippen LogP contribution in [0.15, 0.2) is 18.5 Å². The minimum Gasteiger partial charge on any atom is -0.380 e. The van der Waals surface area contributed by atoms with Crippen molar-refractivity contribution >= 4 is 13.5 Å². The number of aryl methyl sites for hydroxylation is 1. The first kappa shape index (κ1) is 14.1. The molecule has 0 bridgehead atoms. The first-order valence-corrected chi connectivity index (χ1v) is 7.11. The molecule has 0 amide bonds. The molecule has 1 unspecified atom stereocenters. The Labute approximate surface area is 93.1 Å². The SMILES string of the molecule is CC.Cc1cncc(NCC[P+](C)=O)c1. The number of nitrogens with one attached hydrogen (secondary N) is 1. The van der Waals surface area contributed by atoms with E-state index >= 15 is 0 Å². The van der Waals surface area contributed by atoms with Gasteiger partial charge >= 0.3 is 7.80 Å². The molecule has 0 saturated carbocycles. The van der Waals surface area contributed by atoms with Gasteiger partial charge < -0.3 is 5.32 Å². The van der Waals surface area contributed by atoms with E-state index in [1.54, 1.807) is 12.9 Å². The summed E-state index contributed by atoms with van der Waals surface area (Å²) in [6.45, 7) is 8.49. The van der Waals surface area contributed by atoms with Crippen LogP contribution in [0, 0.1) is 6.92 Å². The zero-order valence-electron chi connectivity index (χ0n) is 9.95. The molecule has 15 heavy (non-hydrogen) atoms. The van der Waals surface area contributed by atoms with Gasteiger partial charge in [-0.1, -0.05) is 18.4 Å². The van der Waals surface area contributed by atoms with Crippen molar-refractivity contribution in [3.63, 3.8) is 0 Å². The van der Waals surface area contributed by atoms with Gasteiger partial charge in [0.2, 0.25) is 0 Å². The van der Waals surface area contributed by atoms with Gasteiger partial charge in [0.15, 0.2) is 6.16 Å². The summed E-state index contributed by atoms with van der Waals surface area (Å²) in [7, 11) is -1.04. The van der Waals surface area contributed by atoms with E-state index in [1.165, 1.54) is 0 Å². The molecule has 1 N–H and O–H groups in total. The maximum absolute atomic E-state index is 10.8. The second-order valence-electron chi connectivity index (χ2n) is 3.03. The summed E-state index contributed by atoms with van der Waals surface area (Å²) in [4.78, 5) is 4.05. The molecule has 1 heterocycles. The normalized spacial score (nSPS) is 10.0. The molecule has 0 aromatic carbocycles. The van der Waals surface area contributed by atoms with Gasteiger partial charge in [-0.2, -0.15) is 0 Å². The number of nitrogens with zero attached hydrogens (tertiary/aromatic N) is 1. The molecule has 1 rings (SSSR count). The smallest absolute Gasteiger partial charge is 0.337 e. The van der Waals surface area contributed by atoms with E-state index in [0.29, 0.717) is 6.16 Å². The zero-order valence-corrected chi connectivity index (χ0v) is 10.8. The summed E-state index contributed by atoms with van der Waals surface area (Å²) in [6, 6.07) is 2.02. The largest absolute Gasteiger partial charge is 0.380 e. The zero-order chi connectivity index (χ0) is 11.7. The van der Waals surface area contributed by atoms with Crippen LogP contribution in [-0.4, -0.2) is 24.4 Å². The standard InChI is InChI=1S/C9H14N2OP.C2H6/c1-8-5-9(7-10-6-8)11-3-4-13(2)12;1-2/h5-7,11H,3-4H2,1-2H3;1-2H3/q+1;. The van der Waals surface area contributed by atoms with Crippen molar-refractivity contribution in [3.05, 3.63) is 24.0 Å². The van der Waals surface area contributed by atoms with Crippen LogP contribution in [-0.2, 0) is 4.57 Å². The first-order chi connectivity index (χ1) is 7.18. The molecule has 0 fully saturated rings. The van der Waals surface area contributed by atoms with E-state index < -0.39 is 7.80 Å². The number of hydrogen-bond donors (Lipinski definition) is 1. The van der Waals surface area contributed by atoms with Crippen LogP contribution >= 0.6 is 7.80 Å². The topological polar surface area (TPSA) is 42.0 Å². The Morgan fingerprint density at radius 3 is 2.60 bits per heavy atom. The summed E-state index contributed by atoms with van der Waals surface area (Å²) in [5.41, 5.74) is 2.13. The van der Waals surface area contributed by atoms with Crippen LogP contribution in [0.4, 0.5) is 5.69 Å². The van der Waals surface area contributed by atoms with Gasteiger partial charge in [-0.05, 0) is 18.6 Å². The fourth-order valence-corrected chi connectivity index (χ4v) is 1.44. The lowest BCUT2D eigenvalue weighted by Gasteiger charge is -2.02. The van der Waals surface area contributed by atoms with Crippen LogP contribution in [0.2, 0.25) is 0 Å². The average Bonchev–Trinajstić information content (AvgIpc) is 2.20. The number of pyridine rings is 1. The summed E-state index contributed by atoms with van der Waals surface area (Å²) >= 11 is 0. The van der Waals surface area contributed by atoms with Gasteiger partial charge in [0, 0.05) is 12.4 Å². The highest BCUT2D eigenvalue weighted by Crippen LogP contribution is 2.13. The second-order valence-corrected chi connectivity index (χ2v) is 4.73. The Balaban J connectivity index is 0.000000921. The molecule has 1 atom stereocenters. The second kappa shape index (κ2) is 8.37. The van der Waals surface area contributed by atoms with Crippen LogP contribution < -0.4 is 5.32 Å². The number of anilines is 1. The molecule has 84 valence electrons. The van der Waals surface area contributed by atoms with Crippen molar-refractivity contribution < 1.29 is 4.57 Å². The number of rotatable bonds is 4. The van der Waals surface area contributed by atoms with Crippen molar-refractivity contribution in [2.45, 2.75) is 20.8 Å². The number of hydrogen-bond acceptors (Lipinski definition) is 3. The van der Waals surface area contributed by atoms with Crippen molar-refractivity contribution in [3.8, 4) is 0 Å². The van der Waals surface area contributed by atoms with Gasteiger partial charge in [-0.15, -0.1) is 0 Å². The van der Waals surface area contributed by atoms with Gasteiger partial charge in [-0.3, -0.25) is 4.98 Å². The highest BCUT2D eigenvalue weighted by molar-refractivity contribution is 7.43. The molecule has 0 spiro atoms. The summed E-state index contributed by atoms with van der Waals surface area (Å²) in [5, 5.41) is 3.17. The monoisotopic (exact) mass is 227 g/mol. The summed E-state index contributed by atoms with van der Waals surface area (Å²) in [5.74, 6) is 0. The maximum Gasteiger partial charge on any atom is 0.337 e. The van der Waals surface area contributed by atoms with Crippen LogP contribution in [0.3, 0.4) is 0 Å². The van der Waals surface area contributed by atoms with Gasteiger partial charge in [-0.25, -0.2) is 0 Å². The van der Waals surface area contributed by atoms with Gasteiger partial charge in [0.05, 0.1) is 12.2 Å². The molecule has 0 aliphatic heterocycles. The lowest BCUT2D eigenvalue weighted by Crippen LogP contribution is -2.03. The van der Waals surface area contributed by atoms with E-state index in [0.717, 1.165) is 17.8 Å². The highest BCUT2D eigenvalue weighted by atomic mass is 31.1. The first-order valence-electron chi connectivity index (χ1n) is 5.22. The maximum atomic E-state index is 10.8. The average molecular weight is 227 g/mol. The fraction of sp³-hybridized carbons (Fsp3) is 0.545. The quantitative estimate of drug-likeness (QED) is 0.802. The summed E-state index contributed by atoms with van der Waals surface area (Å²) in [6.07, 6.45) is 4.30. The minimum atomic E-state index is -1.04. The molecular weight excluding hydrogens is 207 g/mol. The van der Waals surface area contributed by atoms with E-state index in [4.69, 9.17) is 0 Å². The Bertz CT molecular complexity index is 302. The van der Waals surface area contributed by atoms with Crippen LogP contribution in [0.1, 0.15) is 19.4 Å². The summed E-state index contributed by atoms with van der Waals surface area (Å²) < 4.78 is 10.8. The Hall–Kier alpha value is -0.950. The molecule has 0 aliphatic rings. The molecular formula is C11H20N2OP+. The van der Waals surface area contributed by atoms with E-state index in [2.05, 4.69) is 10.3 Å². The third kappa shape index (κ3) is 7.03. The fourth-order valence-electron chi connectivity index (χ4n) is 1.01. The van der Waals surface area contributed by atoms with Crippen molar-refractivity contribution in [1.29, 1.82) is 0 Å². The predicted octanol–water partition coefficient (Wildman–Crippen LogP) is 3.29. The van der Waals surface area contributed by atoms with Gasteiger partial charge in [0.25, 0.3) is 0 Å². The molecule has 1 aromatic rings. The third-order valence-electron chi connectivity index (χ3n) is 1.63. The Morgan fingerprint density at radius 1 is 1.40 bits per heavy atom. The molecule has 0 radical (unpaired) electrons. The van der Waals surface area contributed by atoms with E-state index in [9.17, 15) is 4.57 Å². The Kier molecular flexibility index (Phi) is 7.84. The van der Waals surface area contributed by atoms with E-state index in [1.807, 2.05) is 33.0 Å². The molecule has 0 aliphatic carbocycles. The lowest BCUT2D eigenvalue weighted by molar-refractivity contribution is 0.591.